The van der Waals surface area contributed by atoms with Crippen LogP contribution in [0.15, 0.2) is 138 Å². The lowest BCUT2D eigenvalue weighted by atomic mass is 9.98. The summed E-state index contributed by atoms with van der Waals surface area (Å²) >= 11 is 40.2. The molecular formula is C111H116Cl6N12O13. The van der Waals surface area contributed by atoms with Crippen molar-refractivity contribution in [2.75, 3.05) is 26.4 Å². The summed E-state index contributed by atoms with van der Waals surface area (Å²) in [5, 5.41) is 49.3. The number of rotatable bonds is 27. The summed E-state index contributed by atoms with van der Waals surface area (Å²) in [7, 11) is 5.77. The molecule has 3 aliphatic rings. The van der Waals surface area contributed by atoms with Gasteiger partial charge in [-0.25, -0.2) is 14.4 Å². The van der Waals surface area contributed by atoms with Crippen molar-refractivity contribution >= 4 is 138 Å². The van der Waals surface area contributed by atoms with Crippen molar-refractivity contribution in [2.45, 2.75) is 206 Å². The third-order valence-electron chi connectivity index (χ3n) is 28.5. The Kier molecular flexibility index (Phi) is 29.7. The van der Waals surface area contributed by atoms with Gasteiger partial charge in [0.1, 0.15) is 40.1 Å². The number of aromatic carboxylic acids is 3. The van der Waals surface area contributed by atoms with Crippen LogP contribution in [0.5, 0.6) is 17.2 Å². The van der Waals surface area contributed by atoms with Crippen molar-refractivity contribution in [1.82, 2.24) is 57.7 Å². The highest BCUT2D eigenvalue weighted by Gasteiger charge is 2.44. The van der Waals surface area contributed by atoms with E-state index < -0.39 is 17.9 Å². The fraction of sp³-hybridized carbons (Fsp3) is 0.342. The van der Waals surface area contributed by atoms with Crippen LogP contribution in [0.25, 0.3) is 66.1 Å². The predicted octanol–water partition coefficient (Wildman–Crippen LogP) is 25.9. The number of ether oxygens (including phenoxy) is 3. The molecule has 3 N–H and O–H groups in total. The molecule has 2 unspecified atom stereocenters. The van der Waals surface area contributed by atoms with Crippen LogP contribution < -0.4 is 14.2 Å². The van der Waals surface area contributed by atoms with E-state index >= 15 is 0 Å². The maximum Gasteiger partial charge on any atom is 0.371 e. The van der Waals surface area contributed by atoms with E-state index in [0.717, 1.165) is 194 Å². The molecule has 0 saturated carbocycles. The Balaban J connectivity index is 0.000000153. The van der Waals surface area contributed by atoms with Gasteiger partial charge in [-0.1, -0.05) is 112 Å². The summed E-state index contributed by atoms with van der Waals surface area (Å²) < 4.78 is 36.2. The normalized spacial score (nSPS) is 15.7. The smallest absolute Gasteiger partial charge is 0.371 e. The number of halogens is 6. The second kappa shape index (κ2) is 41.3. The average molecular weight is 2040 g/mol. The Morgan fingerprint density at radius 3 is 1.09 bits per heavy atom. The van der Waals surface area contributed by atoms with Crippen LogP contribution in [-0.2, 0) is 60.0 Å². The molecule has 18 rings (SSSR count). The number of benzene rings is 8. The lowest BCUT2D eigenvalue weighted by Gasteiger charge is -2.40. The molecule has 0 saturated heterocycles. The van der Waals surface area contributed by atoms with E-state index in [1.165, 1.54) is 6.07 Å². The fourth-order valence-corrected chi connectivity index (χ4v) is 22.0. The van der Waals surface area contributed by atoms with Crippen molar-refractivity contribution in [3.05, 3.63) is 299 Å². The van der Waals surface area contributed by atoms with Gasteiger partial charge in [0.15, 0.2) is 0 Å². The molecule has 8 aromatic carbocycles. The van der Waals surface area contributed by atoms with Crippen LogP contribution in [0.1, 0.15) is 236 Å². The molecule has 31 heteroatoms. The Labute approximate surface area is 855 Å². The molecule has 0 radical (unpaired) electrons. The van der Waals surface area contributed by atoms with E-state index in [4.69, 9.17) is 93.3 Å². The summed E-state index contributed by atoms with van der Waals surface area (Å²) in [5.74, 6) is -0.896. The van der Waals surface area contributed by atoms with Gasteiger partial charge in [-0.2, -0.15) is 15.3 Å². The number of hydrogen-bond acceptors (Lipinski definition) is 13. The largest absolute Gasteiger partial charge is 0.494 e. The molecule has 3 amide bonds. The van der Waals surface area contributed by atoms with E-state index in [9.17, 15) is 44.1 Å². The molecule has 0 bridgehead atoms. The number of aromatic nitrogens is 9. The van der Waals surface area contributed by atoms with E-state index in [0.29, 0.717) is 116 Å². The SMILES string of the molecule is Cc1cc(OCCCc2c3n(c4c(-c5c(C)nn(C)c5C)c(Cl)ccc24)C(C)[C@@H](C)N(Cc2ccc(C(=O)O)o2)C3=O)cc(C)c1Cl.Cc1cc(OCCCc2c3n(c4c(-c5c(C)nn(C)c5C)c(Cl)ccc24)C(C)[C@@H](C)N(Cc2cccc(C(=O)O)c2)C3=O)cc(C)c1Cl.Cc1cc(OCCCc2c3n(c4c(-c5c(C)nn(C)c5C)c(Cl)ccc24)[C@@H](C)CN(Cc2ccc(C(=O)O)cc2)C3=O)cc(C)c1Cl. The van der Waals surface area contributed by atoms with Crippen molar-refractivity contribution in [2.24, 2.45) is 21.1 Å². The Hall–Kier alpha value is -12.8. The van der Waals surface area contributed by atoms with Gasteiger partial charge in [-0.3, -0.25) is 28.4 Å². The van der Waals surface area contributed by atoms with Crippen LogP contribution in [0.3, 0.4) is 0 Å². The molecule has 10 heterocycles. The molecule has 5 atom stereocenters. The number of furan rings is 1. The zero-order valence-corrected chi connectivity index (χ0v) is 87.9. The van der Waals surface area contributed by atoms with Gasteiger partial charge in [0.2, 0.25) is 5.76 Å². The highest BCUT2D eigenvalue weighted by Crippen LogP contribution is 2.51. The second-order valence-corrected chi connectivity index (χ2v) is 40.3. The molecular weight excluding hydrogens is 1920 g/mol. The average Bonchev–Trinajstić information content (AvgIpc) is 1.56. The van der Waals surface area contributed by atoms with Crippen molar-refractivity contribution < 1.29 is 62.7 Å². The Morgan fingerprint density at radius 1 is 0.387 bits per heavy atom. The first-order chi connectivity index (χ1) is 67.5. The number of carboxylic acid groups (broad SMARTS) is 3. The van der Waals surface area contributed by atoms with Crippen LogP contribution in [0.2, 0.25) is 30.1 Å². The van der Waals surface area contributed by atoms with E-state index in [1.54, 1.807) is 53.4 Å². The number of amides is 3. The van der Waals surface area contributed by atoms with E-state index in [2.05, 4.69) is 44.7 Å². The lowest BCUT2D eigenvalue weighted by molar-refractivity contribution is 0.0520. The van der Waals surface area contributed by atoms with E-state index in [-0.39, 0.29) is 71.4 Å². The quantitative estimate of drug-likeness (QED) is 0.0403. The lowest BCUT2D eigenvalue weighted by Crippen LogP contribution is -2.48. The number of carbonyl (C=O) groups is 6. The minimum Gasteiger partial charge on any atom is -0.494 e. The number of carbonyl (C=O) groups excluding carboxylic acids is 3. The number of fused-ring (bicyclic) bond motifs is 9. The third-order valence-corrected chi connectivity index (χ3v) is 31.3. The monoisotopic (exact) mass is 2030 g/mol. The van der Waals surface area contributed by atoms with Crippen molar-refractivity contribution in [3.8, 4) is 50.6 Å². The first kappa shape index (κ1) is 102. The molecule has 7 aromatic heterocycles. The van der Waals surface area contributed by atoms with Crippen LogP contribution in [0.4, 0.5) is 0 Å². The van der Waals surface area contributed by atoms with Gasteiger partial charge in [0, 0.05) is 129 Å². The summed E-state index contributed by atoms with van der Waals surface area (Å²) in [6.45, 7) is 36.9. The highest BCUT2D eigenvalue weighted by atomic mass is 35.5. The third kappa shape index (κ3) is 19.3. The van der Waals surface area contributed by atoms with Crippen molar-refractivity contribution in [3.63, 3.8) is 0 Å². The predicted molar refractivity (Wildman–Crippen MR) is 560 cm³/mol. The molecule has 142 heavy (non-hydrogen) atoms. The molecule has 25 nitrogen and oxygen atoms in total. The van der Waals surface area contributed by atoms with Gasteiger partial charge in [0.05, 0.1) is 110 Å². The molecule has 3 aliphatic heterocycles. The topological polar surface area (TPSA) is 282 Å². The van der Waals surface area contributed by atoms with Gasteiger partial charge in [0.25, 0.3) is 17.7 Å². The van der Waals surface area contributed by atoms with Crippen LogP contribution in [-0.4, -0.2) is 147 Å². The van der Waals surface area contributed by atoms with Gasteiger partial charge in [-0.15, -0.1) is 0 Å². The standard InChI is InChI=1S/C38H40Cl2N4O4.C37H38Cl2N4O4.C36H38Cl2N4O5/c1-20-16-28(17-21(2)34(20)40)48-15-9-12-29-30-13-14-31(39)33(32-22(3)41-42(7)25(32)6)35(30)44-24(5)23(4)43(37(45)36(29)44)19-26-10-8-11-27(18-26)38(46)47;1-20-16-27(17-21(2)33(20)39)47-15-7-8-28-29-13-14-30(38)32(31-23(4)40-41(6)24(31)5)34(29)43-22(3)18-42(36(44)35(28)43)19-25-9-11-26(12-10-25)37(45)46;1-18-15-25(16-19(2)32(18)38)46-14-8-9-26-27-11-12-28(37)31(30-20(3)39-40(7)23(30)6)33(27)42-22(5)21(4)41(35(43)34(26)42)17-24-10-13-29(47-24)36(44)45/h8,10-11,13-14,16-18,23-24H,9,12,15,19H2,1-7H3,(H,46,47);9-14,16-17,22H,7-8,15,18-19H2,1-6H3,(H,45,46);10-13,15-16,21-22H,8-9,14,17H2,1-7H3,(H,44,45)/t23-,24?;22-;21-,22?/m101/s1. The number of carboxylic acids is 3. The number of aryl methyl sites for hydroxylation is 15. The minimum atomic E-state index is -1.15. The molecule has 15 aromatic rings. The highest BCUT2D eigenvalue weighted by molar-refractivity contribution is 6.37. The first-order valence-electron chi connectivity index (χ1n) is 47.6. The summed E-state index contributed by atoms with van der Waals surface area (Å²) in [6.07, 6.45) is 3.83. The zero-order chi connectivity index (χ0) is 102. The number of hydrogen-bond donors (Lipinski definition) is 3. The summed E-state index contributed by atoms with van der Waals surface area (Å²) in [4.78, 5) is 83.8. The maximum absolute atomic E-state index is 14.7. The van der Waals surface area contributed by atoms with Crippen molar-refractivity contribution in [1.29, 1.82) is 0 Å². The number of nitrogens with zero attached hydrogens (tertiary/aromatic N) is 12. The van der Waals surface area contributed by atoms with E-state index in [1.807, 2.05) is 221 Å². The van der Waals surface area contributed by atoms with Gasteiger partial charge < -0.3 is 62.3 Å². The zero-order valence-electron chi connectivity index (χ0n) is 83.3. The van der Waals surface area contributed by atoms with Crippen LogP contribution >= 0.6 is 69.6 Å². The molecule has 0 aliphatic carbocycles. The Morgan fingerprint density at radius 2 is 0.746 bits per heavy atom. The minimum absolute atomic E-state index is 0.0528. The first-order valence-corrected chi connectivity index (χ1v) is 49.9. The fourth-order valence-electron chi connectivity index (χ4n) is 21.0. The van der Waals surface area contributed by atoms with Gasteiger partial charge >= 0.3 is 17.9 Å². The Bertz CT molecular complexity index is 7530. The molecule has 0 spiro atoms. The summed E-state index contributed by atoms with van der Waals surface area (Å²) in [6, 6.07) is 39.3. The van der Waals surface area contributed by atoms with Crippen LogP contribution in [0, 0.1) is 83.1 Å². The van der Waals surface area contributed by atoms with Gasteiger partial charge in [-0.05, 0) is 308 Å². The summed E-state index contributed by atoms with van der Waals surface area (Å²) in [5.41, 5.74) is 26.4. The maximum atomic E-state index is 14.7. The molecule has 740 valence electrons. The second-order valence-electron chi connectivity index (χ2n) is 38.0. The molecule has 0 fully saturated rings.